The first kappa shape index (κ1) is 16.2. The van der Waals surface area contributed by atoms with Crippen LogP contribution in [0.25, 0.3) is 0 Å². The Balaban J connectivity index is -0.0000000800. The molecule has 0 fully saturated rings. The van der Waals surface area contributed by atoms with E-state index in [2.05, 4.69) is 0 Å². The molecule has 0 aliphatic rings. The Morgan fingerprint density at radius 1 is 0.857 bits per heavy atom. The van der Waals surface area contributed by atoms with Crippen LogP contribution in [0, 0.1) is 0 Å². The van der Waals surface area contributed by atoms with E-state index in [1.165, 1.54) is 0 Å². The van der Waals surface area contributed by atoms with Gasteiger partial charge in [0.25, 0.3) is 0 Å². The van der Waals surface area contributed by atoms with Crippen molar-refractivity contribution in [3.05, 3.63) is 0 Å². The van der Waals surface area contributed by atoms with Crippen LogP contribution in [0.4, 0.5) is 0 Å². The molecule has 0 heterocycles. The minimum Gasteiger partial charge on any atom is -0.894 e. The standard InChI is InChI=1S/Ga.K.O4Si/c;;1-5(2,3)4/q+3;+1;-4. The van der Waals surface area contributed by atoms with Crippen molar-refractivity contribution >= 4 is 28.8 Å². The van der Waals surface area contributed by atoms with Gasteiger partial charge >= 0.3 is 71.2 Å². The molecule has 0 rings (SSSR count). The molecule has 7 heteroatoms. The van der Waals surface area contributed by atoms with Crippen LogP contribution in [0.15, 0.2) is 0 Å². The summed E-state index contributed by atoms with van der Waals surface area (Å²) in [6.07, 6.45) is 0. The SMILES string of the molecule is [Ga+3].[K+].[O-][Si]([O-])([O-])[O-]. The summed E-state index contributed by atoms with van der Waals surface area (Å²) in [5, 5.41) is 0. The van der Waals surface area contributed by atoms with Crippen molar-refractivity contribution < 1.29 is 70.6 Å². The molecule has 0 aromatic carbocycles. The summed E-state index contributed by atoms with van der Waals surface area (Å²) in [6.45, 7) is 0. The summed E-state index contributed by atoms with van der Waals surface area (Å²) < 4.78 is 0. The Hall–Kier alpha value is 2.33. The van der Waals surface area contributed by atoms with Gasteiger partial charge in [-0.15, -0.1) is 0 Å². The molecule has 0 aromatic rings. The molecule has 0 saturated heterocycles. The largest absolute Gasteiger partial charge is 3.00 e. The molecule has 0 aliphatic carbocycles. The molecule has 0 aliphatic heterocycles. The van der Waals surface area contributed by atoms with E-state index in [1.807, 2.05) is 0 Å². The Morgan fingerprint density at radius 3 is 0.857 bits per heavy atom. The van der Waals surface area contributed by atoms with E-state index in [0.29, 0.717) is 0 Å². The molecule has 0 saturated carbocycles. The van der Waals surface area contributed by atoms with Crippen molar-refractivity contribution in [2.75, 3.05) is 0 Å². The normalized spacial score (nSPS) is 8.57. The van der Waals surface area contributed by atoms with Crippen molar-refractivity contribution in [1.82, 2.24) is 0 Å². The van der Waals surface area contributed by atoms with Gasteiger partial charge in [0, 0.05) is 0 Å². The third kappa shape index (κ3) is 61.5. The summed E-state index contributed by atoms with van der Waals surface area (Å²) in [5.41, 5.74) is 0. The predicted octanol–water partition coefficient (Wildman–Crippen LogP) is -8.51. The first-order valence-corrected chi connectivity index (χ1v) is 2.45. The van der Waals surface area contributed by atoms with Gasteiger partial charge < -0.3 is 28.2 Å². The van der Waals surface area contributed by atoms with Gasteiger partial charge in [-0.3, -0.25) is 0 Å². The molecule has 0 N–H and O–H groups in total. The molecular weight excluding hydrogens is 201 g/mol. The third-order valence-corrected chi connectivity index (χ3v) is 0. The van der Waals surface area contributed by atoms with Gasteiger partial charge in [0.1, 0.15) is 0 Å². The summed E-state index contributed by atoms with van der Waals surface area (Å²) in [7, 11) is -5.61. The Labute approximate surface area is 97.5 Å². The molecule has 0 spiro atoms. The minimum atomic E-state index is -5.61. The van der Waals surface area contributed by atoms with Gasteiger partial charge in [0.2, 0.25) is 0 Å². The summed E-state index contributed by atoms with van der Waals surface area (Å²) in [6, 6.07) is 0. The quantitative estimate of drug-likeness (QED) is 0.363. The number of hydrogen-bond donors (Lipinski definition) is 0. The monoisotopic (exact) mass is 200 g/mol. The smallest absolute Gasteiger partial charge is 0.894 e. The van der Waals surface area contributed by atoms with E-state index in [4.69, 9.17) is 19.2 Å². The van der Waals surface area contributed by atoms with Gasteiger partial charge in [0.15, 0.2) is 0 Å². The molecule has 0 atom stereocenters. The second kappa shape index (κ2) is 6.45. The van der Waals surface area contributed by atoms with Crippen LogP contribution in [-0.4, -0.2) is 28.8 Å². The zero-order valence-electron chi connectivity index (χ0n) is 3.71. The first-order chi connectivity index (χ1) is 2.00. The van der Waals surface area contributed by atoms with Gasteiger partial charge in [-0.1, -0.05) is 0 Å². The van der Waals surface area contributed by atoms with Crippen LogP contribution in [0.3, 0.4) is 0 Å². The topological polar surface area (TPSA) is 92.2 Å². The number of rotatable bonds is 0. The maximum absolute atomic E-state index is 8.58. The van der Waals surface area contributed by atoms with E-state index in [9.17, 15) is 0 Å². The summed E-state index contributed by atoms with van der Waals surface area (Å²) in [4.78, 5) is 34.3. The summed E-state index contributed by atoms with van der Waals surface area (Å²) >= 11 is 0. The van der Waals surface area contributed by atoms with Crippen molar-refractivity contribution in [2.24, 2.45) is 0 Å². The molecule has 0 aromatic heterocycles. The van der Waals surface area contributed by atoms with E-state index in [1.54, 1.807) is 0 Å². The van der Waals surface area contributed by atoms with Gasteiger partial charge in [0.05, 0.1) is 0 Å². The molecule has 0 bridgehead atoms. The second-order valence-corrected chi connectivity index (χ2v) is 1.50. The maximum atomic E-state index is 8.58. The molecule has 7 heavy (non-hydrogen) atoms. The minimum absolute atomic E-state index is 0. The van der Waals surface area contributed by atoms with E-state index in [0.717, 1.165) is 0 Å². The van der Waals surface area contributed by atoms with Gasteiger partial charge in [-0.05, 0) is 0 Å². The van der Waals surface area contributed by atoms with Crippen LogP contribution in [-0.2, 0) is 0 Å². The Bertz CT molecular complexity index is 27.2. The Morgan fingerprint density at radius 2 is 0.857 bits per heavy atom. The molecule has 0 radical (unpaired) electrons. The molecule has 0 amide bonds. The van der Waals surface area contributed by atoms with Crippen LogP contribution < -0.4 is 70.6 Å². The zero-order valence-corrected chi connectivity index (χ0v) is 10.3. The van der Waals surface area contributed by atoms with Gasteiger partial charge in [-0.25, -0.2) is 0 Å². The van der Waals surface area contributed by atoms with Crippen LogP contribution in [0.5, 0.6) is 0 Å². The molecule has 4 nitrogen and oxygen atoms in total. The molecule has 32 valence electrons. The Kier molecular flexibility index (Phi) is 14.9. The maximum Gasteiger partial charge on any atom is 3.00 e. The van der Waals surface area contributed by atoms with Crippen molar-refractivity contribution in [3.8, 4) is 0 Å². The van der Waals surface area contributed by atoms with E-state index >= 15 is 0 Å². The average Bonchev–Trinajstić information content (AvgIpc) is 0.722. The summed E-state index contributed by atoms with van der Waals surface area (Å²) in [5.74, 6) is 0. The number of hydrogen-bond acceptors (Lipinski definition) is 4. The fraction of sp³-hybridized carbons (Fsp3) is 0. The van der Waals surface area contributed by atoms with Crippen molar-refractivity contribution in [2.45, 2.75) is 0 Å². The van der Waals surface area contributed by atoms with E-state index < -0.39 is 9.05 Å². The van der Waals surface area contributed by atoms with Gasteiger partial charge in [-0.2, -0.15) is 0 Å². The fourth-order valence-corrected chi connectivity index (χ4v) is 0. The third-order valence-electron chi connectivity index (χ3n) is 0. The van der Waals surface area contributed by atoms with Crippen LogP contribution >= 0.6 is 0 Å². The van der Waals surface area contributed by atoms with Crippen LogP contribution in [0.1, 0.15) is 0 Å². The van der Waals surface area contributed by atoms with Crippen LogP contribution in [0.2, 0.25) is 0 Å². The van der Waals surface area contributed by atoms with Crippen molar-refractivity contribution in [3.63, 3.8) is 0 Å². The fourth-order valence-electron chi connectivity index (χ4n) is 0. The average molecular weight is 201 g/mol. The van der Waals surface area contributed by atoms with Crippen molar-refractivity contribution in [1.29, 1.82) is 0 Å². The molecular formula is GaKO4Si. The first-order valence-electron chi connectivity index (χ1n) is 0.816. The second-order valence-electron chi connectivity index (χ2n) is 0.500. The molecule has 0 unspecified atom stereocenters. The van der Waals surface area contributed by atoms with E-state index in [-0.39, 0.29) is 71.2 Å². The predicted molar refractivity (Wildman–Crippen MR) is 11.5 cm³/mol. The zero-order chi connectivity index (χ0) is 4.50.